The van der Waals surface area contributed by atoms with Crippen molar-refractivity contribution >= 4 is 23.3 Å². The number of rotatable bonds is 10. The van der Waals surface area contributed by atoms with Crippen LogP contribution in [-0.4, -0.2) is 22.7 Å². The molecule has 0 aliphatic carbocycles. The fourth-order valence-electron chi connectivity index (χ4n) is 2.46. The van der Waals surface area contributed by atoms with Crippen molar-refractivity contribution in [2.75, 3.05) is 12.0 Å². The first-order valence-corrected chi connectivity index (χ1v) is 8.56. The summed E-state index contributed by atoms with van der Waals surface area (Å²) in [4.78, 5) is 20.4. The number of hydrogen-bond acceptors (Lipinski definition) is 7. The van der Waals surface area contributed by atoms with Crippen molar-refractivity contribution in [3.05, 3.63) is 86.5 Å². The highest BCUT2D eigenvalue weighted by molar-refractivity contribution is 5.73. The SMILES string of the molecule is CCOC(C/C=C/C=N/Nc1ccc([N+](=O)[O-])cc1[N+](=O)[O-])c1ccccc1. The second-order valence-electron chi connectivity index (χ2n) is 5.62. The Balaban J connectivity index is 1.97. The normalized spacial score (nSPS) is 12.3. The number of allylic oxidation sites excluding steroid dienone is 1. The molecule has 146 valence electrons. The quantitative estimate of drug-likeness (QED) is 0.362. The molecular weight excluding hydrogens is 364 g/mol. The van der Waals surface area contributed by atoms with Gasteiger partial charge in [-0.3, -0.25) is 25.7 Å². The predicted octanol–water partition coefficient (Wildman–Crippen LogP) is 4.62. The maximum absolute atomic E-state index is 11.1. The van der Waals surface area contributed by atoms with E-state index in [1.165, 1.54) is 18.3 Å². The Morgan fingerprint density at radius 1 is 1.14 bits per heavy atom. The molecule has 0 saturated carbocycles. The van der Waals surface area contributed by atoms with Crippen molar-refractivity contribution in [3.8, 4) is 0 Å². The summed E-state index contributed by atoms with van der Waals surface area (Å²) >= 11 is 0. The lowest BCUT2D eigenvalue weighted by molar-refractivity contribution is -0.393. The van der Waals surface area contributed by atoms with Gasteiger partial charge in [-0.1, -0.05) is 36.4 Å². The van der Waals surface area contributed by atoms with Gasteiger partial charge in [0, 0.05) is 18.9 Å². The van der Waals surface area contributed by atoms with Gasteiger partial charge in [-0.25, -0.2) is 0 Å². The minimum Gasteiger partial charge on any atom is -0.373 e. The number of hydrogen-bond donors (Lipinski definition) is 1. The molecule has 0 saturated heterocycles. The van der Waals surface area contributed by atoms with Gasteiger partial charge < -0.3 is 4.74 Å². The second kappa shape index (κ2) is 10.5. The highest BCUT2D eigenvalue weighted by Crippen LogP contribution is 2.28. The number of non-ortho nitro benzene ring substituents is 1. The number of nitrogens with zero attached hydrogens (tertiary/aromatic N) is 3. The molecule has 0 amide bonds. The van der Waals surface area contributed by atoms with Crippen LogP contribution in [0.25, 0.3) is 0 Å². The third kappa shape index (κ3) is 5.99. The molecule has 1 unspecified atom stereocenters. The number of anilines is 1. The Morgan fingerprint density at radius 2 is 1.89 bits per heavy atom. The Labute approximate surface area is 161 Å². The maximum atomic E-state index is 11.1. The molecule has 0 aliphatic heterocycles. The lowest BCUT2D eigenvalue weighted by atomic mass is 10.1. The van der Waals surface area contributed by atoms with Crippen LogP contribution in [0.3, 0.4) is 0 Å². The van der Waals surface area contributed by atoms with Crippen molar-refractivity contribution in [1.82, 2.24) is 0 Å². The standard InChI is InChI=1S/C19H20N4O5/c1-2-28-19(15-8-4-3-5-9-15)10-6-7-13-20-21-17-12-11-16(22(24)25)14-18(17)23(26)27/h3-9,11-14,19,21H,2,10H2,1H3/b7-6+,20-13+. The summed E-state index contributed by atoms with van der Waals surface area (Å²) in [5.74, 6) is 0. The lowest BCUT2D eigenvalue weighted by Gasteiger charge is -2.15. The summed E-state index contributed by atoms with van der Waals surface area (Å²) in [6.07, 6.45) is 5.59. The predicted molar refractivity (Wildman–Crippen MR) is 106 cm³/mol. The Bertz CT molecular complexity index is 868. The van der Waals surface area contributed by atoms with Gasteiger partial charge in [-0.05, 0) is 31.1 Å². The van der Waals surface area contributed by atoms with Crippen LogP contribution in [0.15, 0.2) is 65.8 Å². The highest BCUT2D eigenvalue weighted by atomic mass is 16.6. The van der Waals surface area contributed by atoms with Crippen molar-refractivity contribution in [2.24, 2.45) is 5.10 Å². The van der Waals surface area contributed by atoms with Crippen LogP contribution in [0.1, 0.15) is 25.0 Å². The van der Waals surface area contributed by atoms with E-state index in [-0.39, 0.29) is 17.5 Å². The number of benzene rings is 2. The molecule has 2 rings (SSSR count). The molecule has 9 nitrogen and oxygen atoms in total. The number of nitro groups is 2. The molecule has 0 heterocycles. The van der Waals surface area contributed by atoms with E-state index in [9.17, 15) is 20.2 Å². The summed E-state index contributed by atoms with van der Waals surface area (Å²) in [6, 6.07) is 13.2. The molecular formula is C19H20N4O5. The summed E-state index contributed by atoms with van der Waals surface area (Å²) in [5, 5.41) is 25.7. The average Bonchev–Trinajstić information content (AvgIpc) is 2.70. The minimum absolute atomic E-state index is 0.0664. The van der Waals surface area contributed by atoms with Gasteiger partial charge in [-0.15, -0.1) is 0 Å². The van der Waals surface area contributed by atoms with Crippen LogP contribution in [0, 0.1) is 20.2 Å². The van der Waals surface area contributed by atoms with Gasteiger partial charge in [0.25, 0.3) is 5.69 Å². The first-order chi connectivity index (χ1) is 13.5. The van der Waals surface area contributed by atoms with Gasteiger partial charge in [0.1, 0.15) is 5.69 Å². The van der Waals surface area contributed by atoms with Crippen LogP contribution in [0.2, 0.25) is 0 Å². The third-order valence-corrected chi connectivity index (χ3v) is 3.76. The minimum atomic E-state index is -0.701. The van der Waals surface area contributed by atoms with Crippen molar-refractivity contribution in [1.29, 1.82) is 0 Å². The number of nitro benzene ring substituents is 2. The third-order valence-electron chi connectivity index (χ3n) is 3.76. The van der Waals surface area contributed by atoms with Gasteiger partial charge in [0.05, 0.1) is 22.0 Å². The van der Waals surface area contributed by atoms with Gasteiger partial charge in [0.2, 0.25) is 0 Å². The zero-order valence-corrected chi connectivity index (χ0v) is 15.2. The van der Waals surface area contributed by atoms with E-state index in [1.807, 2.05) is 43.3 Å². The van der Waals surface area contributed by atoms with E-state index in [0.717, 1.165) is 11.6 Å². The monoisotopic (exact) mass is 384 g/mol. The molecule has 1 atom stereocenters. The molecule has 2 aromatic rings. The van der Waals surface area contributed by atoms with Gasteiger partial charge in [-0.2, -0.15) is 5.10 Å². The number of hydrazone groups is 1. The molecule has 2 aromatic carbocycles. The average molecular weight is 384 g/mol. The summed E-state index contributed by atoms with van der Waals surface area (Å²) in [5.41, 5.74) is 2.89. The smallest absolute Gasteiger partial charge is 0.301 e. The molecule has 0 fully saturated rings. The fraction of sp³-hybridized carbons (Fsp3) is 0.211. The van der Waals surface area contributed by atoms with E-state index in [0.29, 0.717) is 13.0 Å². The lowest BCUT2D eigenvalue weighted by Crippen LogP contribution is -2.03. The van der Waals surface area contributed by atoms with Gasteiger partial charge in [0.15, 0.2) is 0 Å². The van der Waals surface area contributed by atoms with E-state index >= 15 is 0 Å². The van der Waals surface area contributed by atoms with Crippen molar-refractivity contribution < 1.29 is 14.6 Å². The molecule has 1 N–H and O–H groups in total. The van der Waals surface area contributed by atoms with Crippen LogP contribution in [0.5, 0.6) is 0 Å². The molecule has 0 spiro atoms. The second-order valence-corrected chi connectivity index (χ2v) is 5.62. The Morgan fingerprint density at radius 3 is 2.54 bits per heavy atom. The number of ether oxygens (including phenoxy) is 1. The van der Waals surface area contributed by atoms with Crippen LogP contribution < -0.4 is 5.43 Å². The summed E-state index contributed by atoms with van der Waals surface area (Å²) < 4.78 is 5.74. The molecule has 0 radical (unpaired) electrons. The summed E-state index contributed by atoms with van der Waals surface area (Å²) in [7, 11) is 0. The zero-order valence-electron chi connectivity index (χ0n) is 15.2. The highest BCUT2D eigenvalue weighted by Gasteiger charge is 2.18. The first-order valence-electron chi connectivity index (χ1n) is 8.56. The summed E-state index contributed by atoms with van der Waals surface area (Å²) in [6.45, 7) is 2.52. The topological polar surface area (TPSA) is 120 Å². The van der Waals surface area contributed by atoms with Crippen LogP contribution in [-0.2, 0) is 4.74 Å². The molecule has 0 aromatic heterocycles. The Hall–Kier alpha value is -3.59. The van der Waals surface area contributed by atoms with Gasteiger partial charge >= 0.3 is 5.69 Å². The van der Waals surface area contributed by atoms with Crippen LogP contribution in [0.4, 0.5) is 17.1 Å². The zero-order chi connectivity index (χ0) is 20.4. The molecule has 9 heteroatoms. The van der Waals surface area contributed by atoms with E-state index in [2.05, 4.69) is 10.5 Å². The molecule has 0 bridgehead atoms. The largest absolute Gasteiger partial charge is 0.373 e. The first kappa shape index (κ1) is 20.7. The van der Waals surface area contributed by atoms with Crippen molar-refractivity contribution in [2.45, 2.75) is 19.4 Å². The Kier molecular flexibility index (Phi) is 7.79. The van der Waals surface area contributed by atoms with E-state index < -0.39 is 15.5 Å². The van der Waals surface area contributed by atoms with Crippen molar-refractivity contribution in [3.63, 3.8) is 0 Å². The molecule has 28 heavy (non-hydrogen) atoms. The van der Waals surface area contributed by atoms with E-state index in [1.54, 1.807) is 6.08 Å². The molecule has 0 aliphatic rings. The number of nitrogens with one attached hydrogen (secondary N) is 1. The maximum Gasteiger partial charge on any atom is 0.301 e. The van der Waals surface area contributed by atoms with Crippen LogP contribution >= 0.6 is 0 Å². The fourth-order valence-corrected chi connectivity index (χ4v) is 2.46. The van der Waals surface area contributed by atoms with E-state index in [4.69, 9.17) is 4.74 Å².